The van der Waals surface area contributed by atoms with Gasteiger partial charge < -0.3 is 20.1 Å². The summed E-state index contributed by atoms with van der Waals surface area (Å²) in [5, 5.41) is 16.5. The van der Waals surface area contributed by atoms with Gasteiger partial charge in [-0.3, -0.25) is 14.9 Å². The van der Waals surface area contributed by atoms with Crippen LogP contribution in [0.3, 0.4) is 0 Å². The zero-order valence-electron chi connectivity index (χ0n) is 24.8. The van der Waals surface area contributed by atoms with Gasteiger partial charge >= 0.3 is 11.9 Å². The Labute approximate surface area is 236 Å². The first-order chi connectivity index (χ1) is 18.8. The quantitative estimate of drug-likeness (QED) is 0.322. The first-order valence-electron chi connectivity index (χ1n) is 16.1. The molecule has 1 saturated heterocycles. The molecule has 4 aliphatic rings. The molecule has 0 radical (unpaired) electrons. The smallest absolute Gasteiger partial charge is 0.326 e. The molecule has 8 nitrogen and oxygen atoms in total. The molecule has 0 aromatic rings. The zero-order chi connectivity index (χ0) is 28.2. The molecule has 224 valence electrons. The minimum absolute atomic E-state index is 0.00817. The SMILES string of the molecule is C1CCC(NC2CCCCC2)CC1.CCC[C@H](N[C@@H](C)C(=O)N1[C@H](C(=O)O)C[C@@H]2CCCC[C@@H]21)C(=O)OCC. The molecule has 39 heavy (non-hydrogen) atoms. The van der Waals surface area contributed by atoms with Crippen molar-refractivity contribution in [2.45, 2.75) is 166 Å². The minimum atomic E-state index is -0.935. The largest absolute Gasteiger partial charge is 0.480 e. The number of esters is 1. The highest BCUT2D eigenvalue weighted by molar-refractivity contribution is 5.88. The fourth-order valence-corrected chi connectivity index (χ4v) is 7.27. The molecule has 0 aromatic carbocycles. The first kappa shape index (κ1) is 31.9. The molecular formula is C31H55N3O5. The fraction of sp³-hybridized carbons (Fsp3) is 0.903. The summed E-state index contributed by atoms with van der Waals surface area (Å²) in [6.45, 7) is 5.72. The van der Waals surface area contributed by atoms with Gasteiger partial charge in [0.25, 0.3) is 0 Å². The molecule has 0 unspecified atom stereocenters. The lowest BCUT2D eigenvalue weighted by Crippen LogP contribution is -2.55. The number of carbonyl (C=O) groups excluding carboxylic acids is 2. The van der Waals surface area contributed by atoms with E-state index in [0.29, 0.717) is 19.4 Å². The Morgan fingerprint density at radius 2 is 1.44 bits per heavy atom. The van der Waals surface area contributed by atoms with Gasteiger partial charge in [-0.1, -0.05) is 64.7 Å². The molecule has 1 heterocycles. The van der Waals surface area contributed by atoms with Crippen LogP contribution in [-0.4, -0.2) is 70.7 Å². The molecule has 3 N–H and O–H groups in total. The van der Waals surface area contributed by atoms with E-state index >= 15 is 0 Å². The van der Waals surface area contributed by atoms with Gasteiger partial charge in [0.15, 0.2) is 0 Å². The average Bonchev–Trinajstić information content (AvgIpc) is 3.34. The fourth-order valence-electron chi connectivity index (χ4n) is 7.27. The van der Waals surface area contributed by atoms with Gasteiger partial charge in [0.05, 0.1) is 12.6 Å². The van der Waals surface area contributed by atoms with Gasteiger partial charge in [-0.2, -0.15) is 0 Å². The van der Waals surface area contributed by atoms with E-state index in [1.54, 1.807) is 18.7 Å². The molecule has 1 aliphatic heterocycles. The lowest BCUT2D eigenvalue weighted by atomic mass is 9.84. The number of carbonyl (C=O) groups is 3. The number of nitrogens with one attached hydrogen (secondary N) is 2. The highest BCUT2D eigenvalue weighted by Gasteiger charge is 2.48. The van der Waals surface area contributed by atoms with Gasteiger partial charge in [-0.15, -0.1) is 0 Å². The second-order valence-electron chi connectivity index (χ2n) is 12.3. The van der Waals surface area contributed by atoms with Gasteiger partial charge in [-0.05, 0) is 71.1 Å². The maximum atomic E-state index is 13.1. The number of carboxylic acid groups (broad SMARTS) is 1. The van der Waals surface area contributed by atoms with E-state index in [9.17, 15) is 19.5 Å². The van der Waals surface area contributed by atoms with Crippen LogP contribution >= 0.6 is 0 Å². The predicted molar refractivity (Wildman–Crippen MR) is 153 cm³/mol. The topological polar surface area (TPSA) is 108 Å². The summed E-state index contributed by atoms with van der Waals surface area (Å²) >= 11 is 0. The van der Waals surface area contributed by atoms with Crippen molar-refractivity contribution >= 4 is 17.8 Å². The summed E-state index contributed by atoms with van der Waals surface area (Å²) in [4.78, 5) is 38.5. The third kappa shape index (κ3) is 9.44. The minimum Gasteiger partial charge on any atom is -0.480 e. The van der Waals surface area contributed by atoms with Crippen LogP contribution in [0, 0.1) is 5.92 Å². The van der Waals surface area contributed by atoms with Crippen LogP contribution in [0.5, 0.6) is 0 Å². The zero-order valence-corrected chi connectivity index (χ0v) is 24.8. The molecule has 0 bridgehead atoms. The molecule has 3 saturated carbocycles. The number of amides is 1. The number of rotatable bonds is 10. The number of fused-ring (bicyclic) bond motifs is 1. The second-order valence-corrected chi connectivity index (χ2v) is 12.3. The number of carboxylic acids is 1. The second kappa shape index (κ2) is 16.6. The Balaban J connectivity index is 0.000000268. The van der Waals surface area contributed by atoms with Crippen molar-refractivity contribution in [3.63, 3.8) is 0 Å². The van der Waals surface area contributed by atoms with Crippen LogP contribution in [0.1, 0.15) is 130 Å². The van der Waals surface area contributed by atoms with Crippen molar-refractivity contribution in [3.8, 4) is 0 Å². The van der Waals surface area contributed by atoms with Crippen LogP contribution in [0.25, 0.3) is 0 Å². The molecule has 0 spiro atoms. The van der Waals surface area contributed by atoms with E-state index in [4.69, 9.17) is 4.74 Å². The number of aliphatic carboxylic acids is 1. The van der Waals surface area contributed by atoms with Crippen LogP contribution in [0.2, 0.25) is 0 Å². The lowest BCUT2D eigenvalue weighted by molar-refractivity contribution is -0.152. The van der Waals surface area contributed by atoms with Crippen molar-refractivity contribution in [1.29, 1.82) is 0 Å². The highest BCUT2D eigenvalue weighted by Crippen LogP contribution is 2.40. The van der Waals surface area contributed by atoms with E-state index in [1.807, 2.05) is 6.92 Å². The normalized spacial score (nSPS) is 27.6. The summed E-state index contributed by atoms with van der Waals surface area (Å²) < 4.78 is 5.09. The third-order valence-corrected chi connectivity index (χ3v) is 9.28. The van der Waals surface area contributed by atoms with Crippen molar-refractivity contribution in [3.05, 3.63) is 0 Å². The summed E-state index contributed by atoms with van der Waals surface area (Å²) in [6, 6.07) is -0.181. The highest BCUT2D eigenvalue weighted by atomic mass is 16.5. The van der Waals surface area contributed by atoms with E-state index in [1.165, 1.54) is 64.2 Å². The number of nitrogens with zero attached hydrogens (tertiary/aromatic N) is 1. The molecular weight excluding hydrogens is 494 g/mol. The third-order valence-electron chi connectivity index (χ3n) is 9.28. The molecule has 0 aromatic heterocycles. The summed E-state index contributed by atoms with van der Waals surface area (Å²) in [7, 11) is 0. The van der Waals surface area contributed by atoms with Gasteiger partial charge in [0.1, 0.15) is 12.1 Å². The van der Waals surface area contributed by atoms with Crippen LogP contribution in [-0.2, 0) is 19.1 Å². The van der Waals surface area contributed by atoms with Crippen molar-refractivity contribution in [1.82, 2.24) is 15.5 Å². The Morgan fingerprint density at radius 3 is 1.97 bits per heavy atom. The van der Waals surface area contributed by atoms with Gasteiger partial charge in [0, 0.05) is 18.1 Å². The number of hydrogen-bond acceptors (Lipinski definition) is 6. The number of hydrogen-bond donors (Lipinski definition) is 3. The molecule has 5 atom stereocenters. The predicted octanol–water partition coefficient (Wildman–Crippen LogP) is 5.18. The maximum absolute atomic E-state index is 13.1. The Morgan fingerprint density at radius 1 is 0.872 bits per heavy atom. The van der Waals surface area contributed by atoms with E-state index in [2.05, 4.69) is 10.6 Å². The average molecular weight is 550 g/mol. The van der Waals surface area contributed by atoms with E-state index < -0.39 is 24.1 Å². The Kier molecular flexibility index (Phi) is 13.5. The van der Waals surface area contributed by atoms with Crippen LogP contribution in [0.4, 0.5) is 0 Å². The maximum Gasteiger partial charge on any atom is 0.326 e. The molecule has 4 rings (SSSR count). The molecule has 8 heteroatoms. The van der Waals surface area contributed by atoms with E-state index in [-0.39, 0.29) is 23.8 Å². The summed E-state index contributed by atoms with van der Waals surface area (Å²) in [6.07, 6.45) is 20.4. The summed E-state index contributed by atoms with van der Waals surface area (Å²) in [5.41, 5.74) is 0. The van der Waals surface area contributed by atoms with Crippen LogP contribution < -0.4 is 10.6 Å². The standard InChI is InChI=1S/C19H32N2O5.C12H23N/c1-4-8-14(19(25)26-5-2)20-12(3)17(22)21-15-10-7-6-9-13(15)11-16(21)18(23)24;1-3-7-11(8-4-1)13-12-9-5-2-6-10-12/h12-16,20H,4-11H2,1-3H3,(H,23,24);11-13H,1-10H2/t12-,13-,14-,15-,16-;/m0./s1. The molecule has 4 fully saturated rings. The lowest BCUT2D eigenvalue weighted by Gasteiger charge is -2.35. The number of ether oxygens (including phenoxy) is 1. The van der Waals surface area contributed by atoms with E-state index in [0.717, 1.165) is 44.2 Å². The van der Waals surface area contributed by atoms with Crippen molar-refractivity contribution < 1.29 is 24.2 Å². The van der Waals surface area contributed by atoms with Crippen LogP contribution in [0.15, 0.2) is 0 Å². The van der Waals surface area contributed by atoms with Crippen molar-refractivity contribution in [2.75, 3.05) is 6.61 Å². The molecule has 1 amide bonds. The summed E-state index contributed by atoms with van der Waals surface area (Å²) in [5.74, 6) is -1.24. The first-order valence-corrected chi connectivity index (χ1v) is 16.1. The number of likely N-dealkylation sites (tertiary alicyclic amines) is 1. The van der Waals surface area contributed by atoms with Crippen molar-refractivity contribution in [2.24, 2.45) is 5.92 Å². The Bertz CT molecular complexity index is 749. The molecule has 3 aliphatic carbocycles. The Hall–Kier alpha value is -1.67. The van der Waals surface area contributed by atoms with Gasteiger partial charge in [-0.25, -0.2) is 4.79 Å². The van der Waals surface area contributed by atoms with Gasteiger partial charge in [0.2, 0.25) is 5.91 Å². The monoisotopic (exact) mass is 549 g/mol.